The summed E-state index contributed by atoms with van der Waals surface area (Å²) in [6.45, 7) is 0. The second-order valence-corrected chi connectivity index (χ2v) is 5.39. The maximum atomic E-state index is 5.92. The zero-order valence-electron chi connectivity index (χ0n) is 11.1. The highest BCUT2D eigenvalue weighted by molar-refractivity contribution is 6.30. The number of fused-ring (bicyclic) bond motifs is 1. The topological polar surface area (TPSA) is 61.0 Å². The Labute approximate surface area is 123 Å². The van der Waals surface area contributed by atoms with Crippen molar-refractivity contribution in [1.29, 1.82) is 0 Å². The van der Waals surface area contributed by atoms with E-state index in [4.69, 9.17) is 22.1 Å². The minimum absolute atomic E-state index is 0.512. The van der Waals surface area contributed by atoms with Crippen LogP contribution in [-0.4, -0.2) is 9.97 Å². The van der Waals surface area contributed by atoms with Gasteiger partial charge in [0.05, 0.1) is 11.4 Å². The predicted molar refractivity (Wildman–Crippen MR) is 79.2 cm³/mol. The van der Waals surface area contributed by atoms with E-state index in [2.05, 4.69) is 9.97 Å². The molecule has 0 atom stereocenters. The summed E-state index contributed by atoms with van der Waals surface area (Å²) >= 11 is 5.90. The summed E-state index contributed by atoms with van der Waals surface area (Å²) in [4.78, 5) is 8.65. The first-order chi connectivity index (χ1) is 9.74. The van der Waals surface area contributed by atoms with Gasteiger partial charge in [-0.05, 0) is 43.9 Å². The predicted octanol–water partition coefficient (Wildman–Crippen LogP) is 3.77. The van der Waals surface area contributed by atoms with E-state index in [1.54, 1.807) is 24.5 Å². The molecule has 5 heteroatoms. The molecule has 0 spiro atoms. The Bertz CT molecular complexity index is 631. The van der Waals surface area contributed by atoms with Crippen LogP contribution in [0, 0.1) is 0 Å². The minimum atomic E-state index is 0.512. The highest BCUT2D eigenvalue weighted by Gasteiger charge is 2.16. The van der Waals surface area contributed by atoms with Crippen molar-refractivity contribution >= 4 is 17.3 Å². The van der Waals surface area contributed by atoms with E-state index in [-0.39, 0.29) is 0 Å². The van der Waals surface area contributed by atoms with Gasteiger partial charge in [0.1, 0.15) is 6.33 Å². The van der Waals surface area contributed by atoms with E-state index in [9.17, 15) is 0 Å². The Hall–Kier alpha value is -1.81. The number of halogens is 1. The van der Waals surface area contributed by atoms with Gasteiger partial charge < -0.3 is 10.5 Å². The van der Waals surface area contributed by atoms with Gasteiger partial charge in [0, 0.05) is 10.6 Å². The van der Waals surface area contributed by atoms with Crippen molar-refractivity contribution in [3.8, 4) is 11.6 Å². The van der Waals surface area contributed by atoms with Crippen LogP contribution in [-0.2, 0) is 12.8 Å². The molecule has 0 aliphatic heterocycles. The van der Waals surface area contributed by atoms with E-state index in [0.29, 0.717) is 22.3 Å². The lowest BCUT2D eigenvalue weighted by Crippen LogP contribution is -2.02. The number of nitrogens with zero attached hydrogens (tertiary/aromatic N) is 2. The molecule has 0 saturated heterocycles. The summed E-state index contributed by atoms with van der Waals surface area (Å²) in [5, 5.41) is 0.594. The number of benzene rings is 1. The van der Waals surface area contributed by atoms with Crippen LogP contribution in [0.3, 0.4) is 0 Å². The molecule has 0 saturated carbocycles. The lowest BCUT2D eigenvalue weighted by molar-refractivity contribution is 0.455. The Morgan fingerprint density at radius 1 is 1.10 bits per heavy atom. The third-order valence-corrected chi connectivity index (χ3v) is 3.75. The molecule has 1 aliphatic carbocycles. The van der Waals surface area contributed by atoms with Gasteiger partial charge in [-0.2, -0.15) is 0 Å². The molecule has 1 aromatic carbocycles. The molecule has 0 amide bonds. The quantitative estimate of drug-likeness (QED) is 0.675. The fourth-order valence-electron chi connectivity index (χ4n) is 2.47. The fourth-order valence-corrected chi connectivity index (χ4v) is 2.65. The first kappa shape index (κ1) is 13.2. The van der Waals surface area contributed by atoms with Crippen LogP contribution >= 0.6 is 11.6 Å². The van der Waals surface area contributed by atoms with Crippen LogP contribution in [0.4, 0.5) is 5.69 Å². The summed E-state index contributed by atoms with van der Waals surface area (Å²) in [5.74, 6) is 1.20. The summed E-state index contributed by atoms with van der Waals surface area (Å²) in [6, 6.07) is 5.20. The Morgan fingerprint density at radius 2 is 1.95 bits per heavy atom. The SMILES string of the molecule is Nc1cc(Cl)ccc1Oc1ncnc2c1CCCCC2. The van der Waals surface area contributed by atoms with Gasteiger partial charge in [-0.1, -0.05) is 18.0 Å². The molecule has 1 aromatic heterocycles. The molecule has 0 bridgehead atoms. The average molecular weight is 290 g/mol. The highest BCUT2D eigenvalue weighted by Crippen LogP contribution is 2.32. The van der Waals surface area contributed by atoms with Crippen molar-refractivity contribution in [3.63, 3.8) is 0 Å². The molecule has 2 aromatic rings. The van der Waals surface area contributed by atoms with Crippen molar-refractivity contribution in [2.75, 3.05) is 5.73 Å². The third-order valence-electron chi connectivity index (χ3n) is 3.51. The van der Waals surface area contributed by atoms with Crippen molar-refractivity contribution in [3.05, 3.63) is 40.8 Å². The second kappa shape index (κ2) is 5.67. The fraction of sp³-hybridized carbons (Fsp3) is 0.333. The van der Waals surface area contributed by atoms with Crippen LogP contribution in [0.15, 0.2) is 24.5 Å². The largest absolute Gasteiger partial charge is 0.436 e. The number of hydrogen-bond acceptors (Lipinski definition) is 4. The maximum absolute atomic E-state index is 5.92. The molecular formula is C15H16ClN3O. The number of ether oxygens (including phenoxy) is 1. The second-order valence-electron chi connectivity index (χ2n) is 4.95. The Balaban J connectivity index is 1.94. The first-order valence-corrected chi connectivity index (χ1v) is 7.17. The van der Waals surface area contributed by atoms with Crippen molar-refractivity contribution in [2.45, 2.75) is 32.1 Å². The number of nitrogens with two attached hydrogens (primary N) is 1. The summed E-state index contributed by atoms with van der Waals surface area (Å²) in [5.41, 5.74) is 8.64. The van der Waals surface area contributed by atoms with E-state index in [1.165, 1.54) is 12.8 Å². The van der Waals surface area contributed by atoms with Gasteiger partial charge in [-0.25, -0.2) is 9.97 Å². The molecular weight excluding hydrogens is 274 g/mol. The standard InChI is InChI=1S/C15H16ClN3O/c16-10-6-7-14(12(17)8-10)20-15-11-4-2-1-3-5-13(11)18-9-19-15/h6-9H,1-5,17H2. The number of nitrogen functional groups attached to an aromatic ring is 1. The van der Waals surface area contributed by atoms with Gasteiger partial charge in [-0.15, -0.1) is 0 Å². The molecule has 20 heavy (non-hydrogen) atoms. The van der Waals surface area contributed by atoms with Crippen LogP contribution in [0.5, 0.6) is 11.6 Å². The molecule has 1 aliphatic rings. The monoisotopic (exact) mass is 289 g/mol. The number of aryl methyl sites for hydroxylation is 1. The Kier molecular flexibility index (Phi) is 3.74. The van der Waals surface area contributed by atoms with Crippen LogP contribution in [0.25, 0.3) is 0 Å². The van der Waals surface area contributed by atoms with E-state index < -0.39 is 0 Å². The molecule has 104 valence electrons. The van der Waals surface area contributed by atoms with Gasteiger partial charge in [0.2, 0.25) is 5.88 Å². The average Bonchev–Trinajstić information content (AvgIpc) is 2.68. The van der Waals surface area contributed by atoms with Gasteiger partial charge >= 0.3 is 0 Å². The lowest BCUT2D eigenvalue weighted by atomic mass is 10.1. The van der Waals surface area contributed by atoms with E-state index in [0.717, 1.165) is 30.5 Å². The third kappa shape index (κ3) is 2.70. The van der Waals surface area contributed by atoms with Crippen molar-refractivity contribution < 1.29 is 4.74 Å². The molecule has 1 heterocycles. The van der Waals surface area contributed by atoms with Gasteiger partial charge in [-0.3, -0.25) is 0 Å². The lowest BCUT2D eigenvalue weighted by Gasteiger charge is -2.12. The number of aromatic nitrogens is 2. The molecule has 0 unspecified atom stereocenters. The summed E-state index contributed by atoms with van der Waals surface area (Å²) in [6.07, 6.45) is 7.05. The molecule has 3 rings (SSSR count). The molecule has 4 nitrogen and oxygen atoms in total. The normalized spacial score (nSPS) is 14.4. The number of hydrogen-bond donors (Lipinski definition) is 1. The molecule has 0 radical (unpaired) electrons. The van der Waals surface area contributed by atoms with Crippen LogP contribution < -0.4 is 10.5 Å². The van der Waals surface area contributed by atoms with Crippen LogP contribution in [0.1, 0.15) is 30.5 Å². The van der Waals surface area contributed by atoms with Crippen molar-refractivity contribution in [1.82, 2.24) is 9.97 Å². The smallest absolute Gasteiger partial charge is 0.225 e. The van der Waals surface area contributed by atoms with Gasteiger partial charge in [0.15, 0.2) is 5.75 Å². The zero-order chi connectivity index (χ0) is 13.9. The molecule has 0 fully saturated rings. The van der Waals surface area contributed by atoms with Gasteiger partial charge in [0.25, 0.3) is 0 Å². The summed E-state index contributed by atoms with van der Waals surface area (Å²) in [7, 11) is 0. The summed E-state index contributed by atoms with van der Waals surface area (Å²) < 4.78 is 5.88. The number of rotatable bonds is 2. The van der Waals surface area contributed by atoms with E-state index in [1.807, 2.05) is 0 Å². The highest BCUT2D eigenvalue weighted by atomic mass is 35.5. The van der Waals surface area contributed by atoms with Crippen molar-refractivity contribution in [2.24, 2.45) is 0 Å². The maximum Gasteiger partial charge on any atom is 0.225 e. The Morgan fingerprint density at radius 3 is 2.80 bits per heavy atom. The zero-order valence-corrected chi connectivity index (χ0v) is 11.9. The van der Waals surface area contributed by atoms with E-state index >= 15 is 0 Å². The first-order valence-electron chi connectivity index (χ1n) is 6.79. The number of anilines is 1. The molecule has 2 N–H and O–H groups in total. The van der Waals surface area contributed by atoms with Crippen LogP contribution in [0.2, 0.25) is 5.02 Å². The minimum Gasteiger partial charge on any atom is -0.436 e.